The van der Waals surface area contributed by atoms with E-state index in [4.69, 9.17) is 0 Å². The first-order chi connectivity index (χ1) is 25.1. The fourth-order valence-corrected chi connectivity index (χ4v) is 9.60. The monoisotopic (exact) mass is 754 g/mol. The van der Waals surface area contributed by atoms with Crippen LogP contribution in [0.2, 0.25) is 0 Å². The fourth-order valence-electron chi connectivity index (χ4n) is 9.60. The molecule has 0 spiro atoms. The second-order valence-electron chi connectivity index (χ2n) is 17.8. The van der Waals surface area contributed by atoms with Crippen LogP contribution in [0.4, 0.5) is 0 Å². The number of hydrogen-bond donors (Lipinski definition) is 0. The molecule has 0 amide bonds. The molecule has 0 radical (unpaired) electrons. The van der Waals surface area contributed by atoms with Crippen molar-refractivity contribution in [2.75, 3.05) is 19.6 Å². The molecule has 0 heterocycles. The summed E-state index contributed by atoms with van der Waals surface area (Å²) >= 11 is 0. The summed E-state index contributed by atoms with van der Waals surface area (Å²) in [6.45, 7) is 18.8. The van der Waals surface area contributed by atoms with E-state index >= 15 is 0 Å². The number of nitrogens with zero attached hydrogens (tertiary/aromatic N) is 1. The molecule has 316 valence electrons. The highest BCUT2D eigenvalue weighted by Crippen LogP contribution is 2.42. The summed E-state index contributed by atoms with van der Waals surface area (Å²) < 4.78 is 1.53. The van der Waals surface area contributed by atoms with Gasteiger partial charge < -0.3 is 16.9 Å². The highest BCUT2D eigenvalue weighted by Gasteiger charge is 2.48. The van der Waals surface area contributed by atoms with E-state index in [9.17, 15) is 0 Å². The quantitative estimate of drug-likeness (QED) is 0.0429. The van der Waals surface area contributed by atoms with Gasteiger partial charge in [-0.25, -0.2) is 0 Å². The summed E-state index contributed by atoms with van der Waals surface area (Å²) in [6.07, 6.45) is 58.4. The Morgan fingerprint density at radius 3 is 0.615 bits per heavy atom. The molecule has 0 aliphatic rings. The summed E-state index contributed by atoms with van der Waals surface area (Å²) in [5, 5.41) is 0. The molecule has 52 heavy (non-hydrogen) atoms. The molecule has 0 N–H and O–H groups in total. The Kier molecular flexibility index (Phi) is 44.3. The van der Waals surface area contributed by atoms with Gasteiger partial charge in [0, 0.05) is 19.3 Å². The predicted octanol–water partition coefficient (Wildman–Crippen LogP) is 15.3. The van der Waals surface area contributed by atoms with Crippen molar-refractivity contribution in [3.8, 4) is 0 Å². The molecule has 0 atom stereocenters. The topological polar surface area (TPSA) is 0 Å². The molecular formula is C50H104ClN. The second-order valence-corrected chi connectivity index (χ2v) is 17.8. The van der Waals surface area contributed by atoms with E-state index < -0.39 is 0 Å². The Labute approximate surface area is 339 Å². The summed E-state index contributed by atoms with van der Waals surface area (Å²) in [6, 6.07) is 0. The van der Waals surface area contributed by atoms with Crippen LogP contribution in [0.25, 0.3) is 0 Å². The van der Waals surface area contributed by atoms with Crippen molar-refractivity contribution < 1.29 is 16.9 Å². The van der Waals surface area contributed by atoms with Crippen molar-refractivity contribution in [2.45, 2.75) is 304 Å². The molecule has 0 aromatic carbocycles. The van der Waals surface area contributed by atoms with Crippen LogP contribution < -0.4 is 12.4 Å². The minimum absolute atomic E-state index is 0. The van der Waals surface area contributed by atoms with Gasteiger partial charge in [0.05, 0.1) is 25.2 Å². The molecule has 0 aromatic rings. The Hall–Kier alpha value is 0.250. The van der Waals surface area contributed by atoms with Crippen LogP contribution in [-0.4, -0.2) is 29.7 Å². The van der Waals surface area contributed by atoms with Crippen molar-refractivity contribution in [3.05, 3.63) is 0 Å². The first-order valence-electron chi connectivity index (χ1n) is 25.0. The zero-order valence-electron chi connectivity index (χ0n) is 37.7. The molecule has 0 saturated carbocycles. The van der Waals surface area contributed by atoms with E-state index in [1.807, 2.05) is 0 Å². The first kappa shape index (κ1) is 54.4. The highest BCUT2D eigenvalue weighted by molar-refractivity contribution is 4.84. The Bertz CT molecular complexity index is 589. The lowest BCUT2D eigenvalue weighted by Gasteiger charge is -2.55. The minimum atomic E-state index is 0. The molecular weight excluding hydrogens is 650 g/mol. The molecule has 0 bridgehead atoms. The van der Waals surface area contributed by atoms with Gasteiger partial charge in [0.25, 0.3) is 0 Å². The number of halogens is 1. The summed E-state index contributed by atoms with van der Waals surface area (Å²) in [4.78, 5) is 0. The van der Waals surface area contributed by atoms with Crippen LogP contribution in [0.1, 0.15) is 298 Å². The maximum Gasteiger partial charge on any atom is 0.0992 e. The van der Waals surface area contributed by atoms with Crippen molar-refractivity contribution >= 4 is 0 Å². The fraction of sp³-hybridized carbons (Fsp3) is 1.00. The van der Waals surface area contributed by atoms with E-state index in [2.05, 4.69) is 41.5 Å². The summed E-state index contributed by atoms with van der Waals surface area (Å²) in [7, 11) is 0. The summed E-state index contributed by atoms with van der Waals surface area (Å²) in [5.74, 6) is 0. The normalized spacial score (nSPS) is 12.1. The lowest BCUT2D eigenvalue weighted by molar-refractivity contribution is -0.978. The third-order valence-corrected chi connectivity index (χ3v) is 13.1. The van der Waals surface area contributed by atoms with Crippen LogP contribution in [0.15, 0.2) is 0 Å². The molecule has 1 nitrogen and oxygen atoms in total. The highest BCUT2D eigenvalue weighted by atomic mass is 35.5. The zero-order valence-corrected chi connectivity index (χ0v) is 38.5. The third-order valence-electron chi connectivity index (χ3n) is 13.1. The zero-order chi connectivity index (χ0) is 37.4. The SMILES string of the molecule is CCCCCCCCC[N+](CCCCCCCC)(CCCCCCCC)C(CCCCCCCC)(CCCCCCCC)CCCCCCCC.[Cl-]. The third kappa shape index (κ3) is 29.5. The van der Waals surface area contributed by atoms with Gasteiger partial charge in [0.15, 0.2) is 0 Å². The van der Waals surface area contributed by atoms with Crippen molar-refractivity contribution in [1.82, 2.24) is 0 Å². The van der Waals surface area contributed by atoms with Crippen LogP contribution in [0, 0.1) is 0 Å². The molecule has 0 aromatic heterocycles. The molecule has 2 heteroatoms. The van der Waals surface area contributed by atoms with Gasteiger partial charge in [-0.2, -0.15) is 0 Å². The average Bonchev–Trinajstić information content (AvgIpc) is 3.14. The molecule has 0 unspecified atom stereocenters. The maximum atomic E-state index is 2.38. The lowest BCUT2D eigenvalue weighted by Crippen LogP contribution is -3.00. The molecule has 0 aliphatic carbocycles. The van der Waals surface area contributed by atoms with Crippen LogP contribution in [0.3, 0.4) is 0 Å². The van der Waals surface area contributed by atoms with E-state index in [1.165, 1.54) is 281 Å². The van der Waals surface area contributed by atoms with Crippen molar-refractivity contribution in [3.63, 3.8) is 0 Å². The number of rotatable bonds is 44. The van der Waals surface area contributed by atoms with Crippen LogP contribution >= 0.6 is 0 Å². The smallest absolute Gasteiger partial charge is 0.0992 e. The minimum Gasteiger partial charge on any atom is -1.00 e. The van der Waals surface area contributed by atoms with Gasteiger partial charge >= 0.3 is 0 Å². The molecule has 0 aliphatic heterocycles. The van der Waals surface area contributed by atoms with Gasteiger partial charge in [0.1, 0.15) is 0 Å². The standard InChI is InChI=1S/C50H104N.ClH/c1-7-13-19-25-31-37-43-49-51(47-41-35-29-23-17-11-5,48-42-36-30-24-18-12-6)50(44-38-32-26-20-14-8-2,45-39-33-27-21-15-9-3)46-40-34-28-22-16-10-4;/h7-49H2,1-6H3;1H/q+1;/p-1. The number of quaternary nitrogens is 1. The van der Waals surface area contributed by atoms with E-state index in [0.717, 1.165) is 0 Å². The predicted molar refractivity (Wildman–Crippen MR) is 236 cm³/mol. The maximum absolute atomic E-state index is 2.38. The van der Waals surface area contributed by atoms with Gasteiger partial charge in [0.2, 0.25) is 0 Å². The average molecular weight is 755 g/mol. The molecule has 0 fully saturated rings. The van der Waals surface area contributed by atoms with Gasteiger partial charge in [-0.05, 0) is 57.8 Å². The summed E-state index contributed by atoms with van der Waals surface area (Å²) in [5.41, 5.74) is 0.523. The number of unbranched alkanes of at least 4 members (excludes halogenated alkanes) is 31. The molecule has 0 saturated heterocycles. The van der Waals surface area contributed by atoms with E-state index in [-0.39, 0.29) is 12.4 Å². The van der Waals surface area contributed by atoms with Gasteiger partial charge in [-0.15, -0.1) is 0 Å². The second kappa shape index (κ2) is 42.4. The van der Waals surface area contributed by atoms with Crippen molar-refractivity contribution in [1.29, 1.82) is 0 Å². The van der Waals surface area contributed by atoms with E-state index in [1.54, 1.807) is 0 Å². The Balaban J connectivity index is 0. The molecule has 0 rings (SSSR count). The van der Waals surface area contributed by atoms with E-state index in [0.29, 0.717) is 5.54 Å². The first-order valence-corrected chi connectivity index (χ1v) is 25.0. The Morgan fingerprint density at radius 2 is 0.404 bits per heavy atom. The van der Waals surface area contributed by atoms with Crippen LogP contribution in [-0.2, 0) is 0 Å². The van der Waals surface area contributed by atoms with Gasteiger partial charge in [-0.3, -0.25) is 0 Å². The Morgan fingerprint density at radius 1 is 0.231 bits per heavy atom. The van der Waals surface area contributed by atoms with Gasteiger partial charge in [-0.1, -0.05) is 221 Å². The largest absolute Gasteiger partial charge is 1.00 e. The number of hydrogen-bond acceptors (Lipinski definition) is 0. The van der Waals surface area contributed by atoms with Crippen molar-refractivity contribution in [2.24, 2.45) is 0 Å². The lowest BCUT2D eigenvalue weighted by atomic mass is 9.76. The van der Waals surface area contributed by atoms with Crippen LogP contribution in [0.5, 0.6) is 0 Å².